The molecule has 1 saturated carbocycles. The van der Waals surface area contributed by atoms with E-state index in [9.17, 15) is 9.59 Å². The molecule has 1 aromatic heterocycles. The first-order valence-corrected chi connectivity index (χ1v) is 12.7. The van der Waals surface area contributed by atoms with E-state index in [4.69, 9.17) is 0 Å². The van der Waals surface area contributed by atoms with E-state index in [1.807, 2.05) is 29.6 Å². The van der Waals surface area contributed by atoms with Gasteiger partial charge < -0.3 is 15.5 Å². The van der Waals surface area contributed by atoms with E-state index < -0.39 is 0 Å². The minimum absolute atomic E-state index is 0.0528. The highest BCUT2D eigenvalue weighted by molar-refractivity contribution is 7.12. The molecule has 2 N–H and O–H groups in total. The summed E-state index contributed by atoms with van der Waals surface area (Å²) in [5, 5.41) is 8.11. The van der Waals surface area contributed by atoms with E-state index in [0.29, 0.717) is 16.1 Å². The van der Waals surface area contributed by atoms with E-state index in [1.54, 1.807) is 6.07 Å². The fraction of sp³-hybridized carbons (Fsp3) is 0.333. The molecule has 5 rings (SSSR count). The zero-order valence-electron chi connectivity index (χ0n) is 18.7. The van der Waals surface area contributed by atoms with Gasteiger partial charge in [-0.05, 0) is 60.0 Å². The highest BCUT2D eigenvalue weighted by Gasteiger charge is 2.24. The first kappa shape index (κ1) is 21.7. The second kappa shape index (κ2) is 9.79. The quantitative estimate of drug-likeness (QED) is 0.520. The Hall–Kier alpha value is -3.12. The molecule has 3 aromatic rings. The summed E-state index contributed by atoms with van der Waals surface area (Å²) in [5.41, 5.74) is 4.87. The van der Waals surface area contributed by atoms with Gasteiger partial charge in [0.25, 0.3) is 11.8 Å². The maximum absolute atomic E-state index is 13.4. The molecule has 0 spiro atoms. The molecule has 0 radical (unpaired) electrons. The second-order valence-corrected chi connectivity index (χ2v) is 9.86. The van der Waals surface area contributed by atoms with Crippen molar-refractivity contribution in [3.8, 4) is 0 Å². The molecule has 1 fully saturated rings. The molecule has 2 aromatic carbocycles. The molecule has 0 bridgehead atoms. The van der Waals surface area contributed by atoms with Gasteiger partial charge in [0.1, 0.15) is 0 Å². The number of nitrogens with one attached hydrogen (secondary N) is 2. The number of thiophene rings is 1. The monoisotopic (exact) mass is 459 g/mol. The third-order valence-corrected chi connectivity index (χ3v) is 7.52. The van der Waals surface area contributed by atoms with Crippen molar-refractivity contribution in [2.75, 3.05) is 16.8 Å². The summed E-state index contributed by atoms with van der Waals surface area (Å²) in [4.78, 5) is 29.0. The van der Waals surface area contributed by atoms with Crippen LogP contribution in [0.5, 0.6) is 0 Å². The van der Waals surface area contributed by atoms with Crippen LogP contribution in [0.25, 0.3) is 0 Å². The van der Waals surface area contributed by atoms with E-state index in [1.165, 1.54) is 28.9 Å². The average Bonchev–Trinajstić information content (AvgIpc) is 3.40. The van der Waals surface area contributed by atoms with Crippen LogP contribution in [0.1, 0.15) is 63.3 Å². The van der Waals surface area contributed by atoms with Gasteiger partial charge in [-0.25, -0.2) is 0 Å². The standard InChI is InChI=1S/C27H29N3O2S/c31-26(28-21-9-2-1-3-10-21)23-17-22(29-27(32)25-11-6-16-33-25)12-13-24(23)30-15-14-19-7-4-5-8-20(19)18-30/h4-8,11-13,16-17,21H,1-3,9-10,14-15,18H2,(H,28,31)(H,29,32). The first-order chi connectivity index (χ1) is 16.2. The Morgan fingerprint density at radius 3 is 2.52 bits per heavy atom. The fourth-order valence-electron chi connectivity index (χ4n) is 4.88. The second-order valence-electron chi connectivity index (χ2n) is 8.91. The van der Waals surface area contributed by atoms with Crippen LogP contribution in [-0.2, 0) is 13.0 Å². The zero-order valence-corrected chi connectivity index (χ0v) is 19.5. The zero-order chi connectivity index (χ0) is 22.6. The van der Waals surface area contributed by atoms with Crippen molar-refractivity contribution in [1.82, 2.24) is 5.32 Å². The Morgan fingerprint density at radius 2 is 1.73 bits per heavy atom. The highest BCUT2D eigenvalue weighted by atomic mass is 32.1. The summed E-state index contributed by atoms with van der Waals surface area (Å²) in [6.07, 6.45) is 6.60. The lowest BCUT2D eigenvalue weighted by molar-refractivity contribution is 0.0927. The van der Waals surface area contributed by atoms with Crippen molar-refractivity contribution in [2.45, 2.75) is 51.1 Å². The Morgan fingerprint density at radius 1 is 0.909 bits per heavy atom. The van der Waals surface area contributed by atoms with Gasteiger partial charge in [-0.2, -0.15) is 0 Å². The minimum Gasteiger partial charge on any atom is -0.366 e. The summed E-state index contributed by atoms with van der Waals surface area (Å²) in [6, 6.07) is 18.1. The average molecular weight is 460 g/mol. The summed E-state index contributed by atoms with van der Waals surface area (Å²) >= 11 is 1.40. The number of rotatable bonds is 5. The van der Waals surface area contributed by atoms with Crippen LogP contribution in [0.2, 0.25) is 0 Å². The molecule has 0 unspecified atom stereocenters. The van der Waals surface area contributed by atoms with Gasteiger partial charge in [-0.1, -0.05) is 49.6 Å². The van der Waals surface area contributed by atoms with Gasteiger partial charge in [0.05, 0.1) is 10.4 Å². The van der Waals surface area contributed by atoms with Crippen LogP contribution in [0.3, 0.4) is 0 Å². The van der Waals surface area contributed by atoms with Crippen molar-refractivity contribution < 1.29 is 9.59 Å². The Kier molecular flexibility index (Phi) is 6.44. The third-order valence-electron chi connectivity index (χ3n) is 6.66. The SMILES string of the molecule is O=C(Nc1ccc(N2CCc3ccccc3C2)c(C(=O)NC2CCCCC2)c1)c1cccs1. The van der Waals surface area contributed by atoms with Crippen molar-refractivity contribution in [2.24, 2.45) is 0 Å². The predicted molar refractivity (Wildman–Crippen MR) is 134 cm³/mol. The van der Waals surface area contributed by atoms with Gasteiger partial charge >= 0.3 is 0 Å². The highest BCUT2D eigenvalue weighted by Crippen LogP contribution is 2.30. The summed E-state index contributed by atoms with van der Waals surface area (Å²) in [7, 11) is 0. The van der Waals surface area contributed by atoms with Crippen LogP contribution in [0.15, 0.2) is 60.0 Å². The summed E-state index contributed by atoms with van der Waals surface area (Å²) in [6.45, 7) is 1.64. The van der Waals surface area contributed by atoms with Gasteiger partial charge in [0.2, 0.25) is 0 Å². The van der Waals surface area contributed by atoms with Gasteiger partial charge in [-0.15, -0.1) is 11.3 Å². The van der Waals surface area contributed by atoms with Crippen LogP contribution >= 0.6 is 11.3 Å². The van der Waals surface area contributed by atoms with E-state index in [0.717, 1.165) is 50.9 Å². The summed E-state index contributed by atoms with van der Waals surface area (Å²) in [5.74, 6) is -0.203. The number of hydrogen-bond donors (Lipinski definition) is 2. The molecule has 33 heavy (non-hydrogen) atoms. The lowest BCUT2D eigenvalue weighted by Gasteiger charge is -2.32. The minimum atomic E-state index is -0.150. The largest absolute Gasteiger partial charge is 0.366 e. The van der Waals surface area contributed by atoms with E-state index >= 15 is 0 Å². The lowest BCUT2D eigenvalue weighted by Crippen LogP contribution is -2.38. The first-order valence-electron chi connectivity index (χ1n) is 11.8. The molecule has 0 saturated heterocycles. The Labute approximate surface area is 198 Å². The Balaban J connectivity index is 1.42. The number of amides is 2. The number of nitrogens with zero attached hydrogens (tertiary/aromatic N) is 1. The van der Waals surface area contributed by atoms with Crippen molar-refractivity contribution in [3.05, 3.63) is 81.5 Å². The third kappa shape index (κ3) is 4.96. The van der Waals surface area contributed by atoms with Crippen molar-refractivity contribution >= 4 is 34.5 Å². The topological polar surface area (TPSA) is 61.4 Å². The molecule has 2 amide bonds. The molecule has 6 heteroatoms. The molecular formula is C27H29N3O2S. The molecular weight excluding hydrogens is 430 g/mol. The Bertz CT molecular complexity index is 1140. The maximum atomic E-state index is 13.4. The molecule has 170 valence electrons. The number of benzene rings is 2. The van der Waals surface area contributed by atoms with Crippen LogP contribution in [-0.4, -0.2) is 24.4 Å². The normalized spacial score (nSPS) is 16.2. The smallest absolute Gasteiger partial charge is 0.265 e. The number of carbonyl (C=O) groups is 2. The van der Waals surface area contributed by atoms with Gasteiger partial charge in [0, 0.05) is 30.5 Å². The molecule has 5 nitrogen and oxygen atoms in total. The maximum Gasteiger partial charge on any atom is 0.265 e. The number of fused-ring (bicyclic) bond motifs is 1. The van der Waals surface area contributed by atoms with E-state index in [2.05, 4.69) is 39.8 Å². The van der Waals surface area contributed by atoms with E-state index in [-0.39, 0.29) is 17.9 Å². The van der Waals surface area contributed by atoms with Gasteiger partial charge in [0.15, 0.2) is 0 Å². The molecule has 2 aliphatic rings. The van der Waals surface area contributed by atoms with Crippen LogP contribution < -0.4 is 15.5 Å². The van der Waals surface area contributed by atoms with Crippen LogP contribution in [0, 0.1) is 0 Å². The number of hydrogen-bond acceptors (Lipinski definition) is 4. The van der Waals surface area contributed by atoms with Crippen LogP contribution in [0.4, 0.5) is 11.4 Å². The van der Waals surface area contributed by atoms with Crippen molar-refractivity contribution in [1.29, 1.82) is 0 Å². The van der Waals surface area contributed by atoms with Gasteiger partial charge in [-0.3, -0.25) is 9.59 Å². The molecule has 0 atom stereocenters. The molecule has 1 aliphatic heterocycles. The molecule has 1 aliphatic carbocycles. The fourth-order valence-corrected chi connectivity index (χ4v) is 5.50. The number of anilines is 2. The lowest BCUT2D eigenvalue weighted by atomic mass is 9.95. The predicted octanol–water partition coefficient (Wildman–Crippen LogP) is 5.63. The van der Waals surface area contributed by atoms with Crippen molar-refractivity contribution in [3.63, 3.8) is 0 Å². The number of carbonyl (C=O) groups excluding carboxylic acids is 2. The summed E-state index contributed by atoms with van der Waals surface area (Å²) < 4.78 is 0. The molecule has 2 heterocycles.